The minimum Gasteiger partial charge on any atom is -0.456 e. The fourth-order valence-electron chi connectivity index (χ4n) is 7.75. The van der Waals surface area contributed by atoms with Gasteiger partial charge in [0.15, 0.2) is 5.82 Å². The van der Waals surface area contributed by atoms with E-state index in [9.17, 15) is 0 Å². The van der Waals surface area contributed by atoms with Crippen LogP contribution >= 0.6 is 0 Å². The van der Waals surface area contributed by atoms with Gasteiger partial charge in [-0.05, 0) is 41.0 Å². The van der Waals surface area contributed by atoms with E-state index in [-0.39, 0.29) is 5.41 Å². The third-order valence-corrected chi connectivity index (χ3v) is 10.0. The summed E-state index contributed by atoms with van der Waals surface area (Å²) < 4.78 is 8.75. The third-order valence-electron chi connectivity index (χ3n) is 10.0. The molecule has 0 saturated carbocycles. The number of hydrogen-bond acceptors (Lipinski definition) is 3. The van der Waals surface area contributed by atoms with Crippen LogP contribution in [0.15, 0.2) is 144 Å². The maximum absolute atomic E-state index is 6.39. The first kappa shape index (κ1) is 26.2. The van der Waals surface area contributed by atoms with Crippen molar-refractivity contribution in [3.05, 3.63) is 151 Å². The Morgan fingerprint density at radius 3 is 2.06 bits per heavy atom. The molecule has 0 spiro atoms. The van der Waals surface area contributed by atoms with Crippen molar-refractivity contribution in [1.29, 1.82) is 0 Å². The molecule has 222 valence electrons. The lowest BCUT2D eigenvalue weighted by molar-refractivity contribution is 0.647. The Hall–Kier alpha value is -6.00. The van der Waals surface area contributed by atoms with E-state index in [1.165, 1.54) is 38.5 Å². The molecule has 0 atom stereocenters. The summed E-state index contributed by atoms with van der Waals surface area (Å²) in [7, 11) is 0. The van der Waals surface area contributed by atoms with Gasteiger partial charge < -0.3 is 4.42 Å². The minimum atomic E-state index is -0.219. The van der Waals surface area contributed by atoms with Gasteiger partial charge in [0.1, 0.15) is 17.0 Å². The number of hydrogen-bond donors (Lipinski definition) is 0. The molecule has 0 fully saturated rings. The van der Waals surface area contributed by atoms with Crippen molar-refractivity contribution in [2.24, 2.45) is 0 Å². The molecule has 1 aliphatic carbocycles. The highest BCUT2D eigenvalue weighted by Crippen LogP contribution is 2.54. The molecule has 10 rings (SSSR count). The van der Waals surface area contributed by atoms with Crippen LogP contribution in [0, 0.1) is 0 Å². The number of nitrogens with zero attached hydrogens (tertiary/aromatic N) is 3. The number of benzene rings is 6. The molecule has 0 unspecified atom stereocenters. The summed E-state index contributed by atoms with van der Waals surface area (Å²) in [4.78, 5) is 10.4. The van der Waals surface area contributed by atoms with Crippen LogP contribution < -0.4 is 0 Å². The van der Waals surface area contributed by atoms with Crippen molar-refractivity contribution < 1.29 is 4.42 Å². The van der Waals surface area contributed by atoms with Crippen LogP contribution in [0.3, 0.4) is 0 Å². The Bertz CT molecular complexity index is 2640. The first-order chi connectivity index (χ1) is 23.1. The first-order valence-corrected chi connectivity index (χ1v) is 16.1. The van der Waals surface area contributed by atoms with Crippen molar-refractivity contribution in [1.82, 2.24) is 14.5 Å². The van der Waals surface area contributed by atoms with Crippen molar-refractivity contribution >= 4 is 43.7 Å². The van der Waals surface area contributed by atoms with Crippen molar-refractivity contribution in [3.63, 3.8) is 0 Å². The minimum absolute atomic E-state index is 0.219. The van der Waals surface area contributed by atoms with Gasteiger partial charge in [-0.25, -0.2) is 9.97 Å². The fraction of sp³-hybridized carbons (Fsp3) is 0.0698. The Morgan fingerprint density at radius 1 is 0.553 bits per heavy atom. The molecule has 0 N–H and O–H groups in total. The summed E-state index contributed by atoms with van der Waals surface area (Å²) in [6.07, 6.45) is 0. The second kappa shape index (κ2) is 9.51. The molecule has 47 heavy (non-hydrogen) atoms. The number of furan rings is 1. The maximum Gasteiger partial charge on any atom is 0.162 e. The standard InChI is InChI=1S/C43H29N3O/c1-43(2)33-22-21-30-28-17-9-11-19-36(28)46(39-25-35(26-13-5-3-6-14-26)44-42(45-39)27-15-7-4-8-16-27)41(30)40(33)32-23-31-29-18-10-12-20-37(29)47-38(31)24-34(32)43/h3-25H,1-2H3. The summed E-state index contributed by atoms with van der Waals surface area (Å²) in [6, 6.07) is 49.1. The van der Waals surface area contributed by atoms with Crippen LogP contribution in [0.1, 0.15) is 25.0 Å². The lowest BCUT2D eigenvalue weighted by Crippen LogP contribution is -2.14. The van der Waals surface area contributed by atoms with Crippen LogP contribution in [0.25, 0.3) is 83.3 Å². The molecule has 1 aliphatic rings. The van der Waals surface area contributed by atoms with Gasteiger partial charge in [0.25, 0.3) is 0 Å². The molecule has 3 aromatic heterocycles. The largest absolute Gasteiger partial charge is 0.456 e. The smallest absolute Gasteiger partial charge is 0.162 e. The van der Waals surface area contributed by atoms with E-state index in [4.69, 9.17) is 14.4 Å². The van der Waals surface area contributed by atoms with Crippen LogP contribution in [-0.4, -0.2) is 14.5 Å². The summed E-state index contributed by atoms with van der Waals surface area (Å²) in [5.74, 6) is 1.55. The summed E-state index contributed by atoms with van der Waals surface area (Å²) >= 11 is 0. The molecular weight excluding hydrogens is 574 g/mol. The van der Waals surface area contributed by atoms with Gasteiger partial charge in [0, 0.05) is 49.7 Å². The molecule has 9 aromatic rings. The number of rotatable bonds is 3. The van der Waals surface area contributed by atoms with E-state index in [1.807, 2.05) is 30.3 Å². The Labute approximate surface area is 271 Å². The molecule has 0 bridgehead atoms. The van der Waals surface area contributed by atoms with Crippen molar-refractivity contribution in [2.75, 3.05) is 0 Å². The van der Waals surface area contributed by atoms with Gasteiger partial charge in [0.05, 0.1) is 16.7 Å². The number of fused-ring (bicyclic) bond motifs is 10. The topological polar surface area (TPSA) is 43.9 Å². The average molecular weight is 604 g/mol. The summed E-state index contributed by atoms with van der Waals surface area (Å²) in [6.45, 7) is 4.66. The first-order valence-electron chi connectivity index (χ1n) is 16.1. The van der Waals surface area contributed by atoms with E-state index in [0.29, 0.717) is 5.82 Å². The van der Waals surface area contributed by atoms with Crippen LogP contribution in [0.2, 0.25) is 0 Å². The third kappa shape index (κ3) is 3.70. The zero-order chi connectivity index (χ0) is 31.3. The predicted octanol–water partition coefficient (Wildman–Crippen LogP) is 11.1. The number of aromatic nitrogens is 3. The molecule has 6 aromatic carbocycles. The highest BCUT2D eigenvalue weighted by molar-refractivity contribution is 6.17. The van der Waals surface area contributed by atoms with Crippen LogP contribution in [0.4, 0.5) is 0 Å². The maximum atomic E-state index is 6.39. The van der Waals surface area contributed by atoms with E-state index < -0.39 is 0 Å². The zero-order valence-electron chi connectivity index (χ0n) is 26.0. The van der Waals surface area contributed by atoms with Gasteiger partial charge in [-0.1, -0.05) is 123 Å². The lowest BCUT2D eigenvalue weighted by Gasteiger charge is -2.21. The zero-order valence-corrected chi connectivity index (χ0v) is 26.0. The van der Waals surface area contributed by atoms with Gasteiger partial charge >= 0.3 is 0 Å². The monoisotopic (exact) mass is 603 g/mol. The summed E-state index contributed by atoms with van der Waals surface area (Å²) in [5.41, 5.74) is 11.9. The molecule has 4 heteroatoms. The molecular formula is C43H29N3O. The fourth-order valence-corrected chi connectivity index (χ4v) is 7.75. The molecule has 0 amide bonds. The van der Waals surface area contributed by atoms with Gasteiger partial charge in [-0.15, -0.1) is 0 Å². The molecule has 0 radical (unpaired) electrons. The van der Waals surface area contributed by atoms with Crippen LogP contribution in [-0.2, 0) is 5.41 Å². The average Bonchev–Trinajstić information content (AvgIpc) is 3.73. The SMILES string of the molecule is CC1(C)c2cc3oc4ccccc4c3cc2-c2c1ccc1c3ccccc3n(-c3cc(-c4ccccc4)nc(-c4ccccc4)n3)c21. The number of para-hydroxylation sites is 2. The molecule has 0 aliphatic heterocycles. The van der Waals surface area contributed by atoms with E-state index >= 15 is 0 Å². The Balaban J connectivity index is 1.35. The van der Waals surface area contributed by atoms with E-state index in [1.54, 1.807) is 0 Å². The molecule has 4 nitrogen and oxygen atoms in total. The second-order valence-electron chi connectivity index (χ2n) is 13.0. The molecule has 0 saturated heterocycles. The van der Waals surface area contributed by atoms with Crippen LogP contribution in [0.5, 0.6) is 0 Å². The summed E-state index contributed by atoms with van der Waals surface area (Å²) in [5, 5.41) is 4.69. The highest BCUT2D eigenvalue weighted by Gasteiger charge is 2.39. The van der Waals surface area contributed by atoms with Crippen molar-refractivity contribution in [3.8, 4) is 39.6 Å². The Kier molecular flexibility index (Phi) is 5.31. The lowest BCUT2D eigenvalue weighted by atomic mass is 9.82. The van der Waals surface area contributed by atoms with Gasteiger partial charge in [0.2, 0.25) is 0 Å². The Morgan fingerprint density at radius 2 is 1.26 bits per heavy atom. The van der Waals surface area contributed by atoms with Gasteiger partial charge in [-0.2, -0.15) is 0 Å². The van der Waals surface area contributed by atoms with E-state index in [0.717, 1.165) is 50.1 Å². The quantitative estimate of drug-likeness (QED) is 0.202. The predicted molar refractivity (Wildman–Crippen MR) is 192 cm³/mol. The molecule has 3 heterocycles. The highest BCUT2D eigenvalue weighted by atomic mass is 16.3. The normalized spacial score (nSPS) is 13.5. The van der Waals surface area contributed by atoms with Crippen molar-refractivity contribution in [2.45, 2.75) is 19.3 Å². The van der Waals surface area contributed by atoms with Gasteiger partial charge in [-0.3, -0.25) is 4.57 Å². The second-order valence-corrected chi connectivity index (χ2v) is 13.0. The van der Waals surface area contributed by atoms with E-state index in [2.05, 4.69) is 128 Å².